The fourth-order valence-corrected chi connectivity index (χ4v) is 4.38. The Morgan fingerprint density at radius 3 is 2.82 bits per heavy atom. The van der Waals surface area contributed by atoms with Crippen LogP contribution in [0.2, 0.25) is 0 Å². The molecular weight excluding hydrogens is 356 g/mol. The second-order valence-corrected chi connectivity index (χ2v) is 8.26. The summed E-state index contributed by atoms with van der Waals surface area (Å²) in [5, 5.41) is 0. The molecule has 148 valence electrons. The standard InChI is InChI=1S/C23H26O5/c1-14-8-7-11-23(3)21(28-23)20(19-15(2)22(25)26-17(19)12-14)27-18(24)13-16-9-5-4-6-10-16/h4-6,8-10,17,19-21H,2,7,11-13H2,1,3H3/t17-,19+,20-,21+,23-/m0/s1. The van der Waals surface area contributed by atoms with Crippen LogP contribution in [0.1, 0.15) is 38.7 Å². The van der Waals surface area contributed by atoms with Crippen LogP contribution in [-0.2, 0) is 30.2 Å². The van der Waals surface area contributed by atoms with Gasteiger partial charge in [0.2, 0.25) is 0 Å². The maximum absolute atomic E-state index is 12.7. The number of carbonyl (C=O) groups is 2. The minimum atomic E-state index is -0.573. The fraction of sp³-hybridized carbons (Fsp3) is 0.478. The maximum atomic E-state index is 12.7. The Morgan fingerprint density at radius 1 is 1.32 bits per heavy atom. The predicted octanol–water partition coefficient (Wildman–Crippen LogP) is 3.53. The average Bonchev–Trinajstić information content (AvgIpc) is 3.23. The van der Waals surface area contributed by atoms with Gasteiger partial charge >= 0.3 is 11.9 Å². The van der Waals surface area contributed by atoms with E-state index in [9.17, 15) is 9.59 Å². The molecule has 4 rings (SSSR count). The van der Waals surface area contributed by atoms with Gasteiger partial charge in [-0.2, -0.15) is 0 Å². The zero-order valence-electron chi connectivity index (χ0n) is 16.4. The van der Waals surface area contributed by atoms with E-state index in [-0.39, 0.29) is 36.1 Å². The topological polar surface area (TPSA) is 65.1 Å². The molecule has 5 heteroatoms. The van der Waals surface area contributed by atoms with Crippen LogP contribution in [0.4, 0.5) is 0 Å². The summed E-state index contributed by atoms with van der Waals surface area (Å²) in [7, 11) is 0. The van der Waals surface area contributed by atoms with E-state index in [4.69, 9.17) is 14.2 Å². The van der Waals surface area contributed by atoms with Crippen molar-refractivity contribution < 1.29 is 23.8 Å². The first-order valence-corrected chi connectivity index (χ1v) is 9.84. The second-order valence-electron chi connectivity index (χ2n) is 8.26. The van der Waals surface area contributed by atoms with Crippen molar-refractivity contribution in [2.45, 2.75) is 63.4 Å². The van der Waals surface area contributed by atoms with E-state index in [1.165, 1.54) is 0 Å². The van der Waals surface area contributed by atoms with Crippen LogP contribution >= 0.6 is 0 Å². The predicted molar refractivity (Wildman–Crippen MR) is 103 cm³/mol. The first-order valence-electron chi connectivity index (χ1n) is 9.84. The van der Waals surface area contributed by atoms with Crippen molar-refractivity contribution in [2.75, 3.05) is 0 Å². The molecule has 0 spiro atoms. The van der Waals surface area contributed by atoms with E-state index in [1.807, 2.05) is 44.2 Å². The molecule has 0 amide bonds. The summed E-state index contributed by atoms with van der Waals surface area (Å²) < 4.78 is 17.5. The molecule has 2 saturated heterocycles. The molecule has 2 fully saturated rings. The van der Waals surface area contributed by atoms with Crippen molar-refractivity contribution in [1.29, 1.82) is 0 Å². The molecule has 5 nitrogen and oxygen atoms in total. The van der Waals surface area contributed by atoms with Crippen molar-refractivity contribution in [1.82, 2.24) is 0 Å². The minimum absolute atomic E-state index is 0.179. The summed E-state index contributed by atoms with van der Waals surface area (Å²) in [5.41, 5.74) is 2.06. The van der Waals surface area contributed by atoms with Crippen LogP contribution in [0.15, 0.2) is 54.1 Å². The SMILES string of the molecule is C=C1C(=O)O[C@H]2CC(C)=CCC[C@]3(C)O[C@@H]3[C@@H](OC(=O)Cc3ccccc3)[C@H]12. The zero-order chi connectivity index (χ0) is 19.9. The third-order valence-electron chi connectivity index (χ3n) is 6.03. The lowest BCUT2D eigenvalue weighted by Crippen LogP contribution is -2.40. The highest BCUT2D eigenvalue weighted by Gasteiger charge is 2.62. The molecule has 0 N–H and O–H groups in total. The van der Waals surface area contributed by atoms with E-state index < -0.39 is 12.1 Å². The van der Waals surface area contributed by atoms with Gasteiger partial charge in [0, 0.05) is 12.0 Å². The molecule has 2 heterocycles. The smallest absolute Gasteiger partial charge is 0.334 e. The summed E-state index contributed by atoms with van der Waals surface area (Å²) in [5.74, 6) is -1.13. The van der Waals surface area contributed by atoms with Gasteiger partial charge in [-0.15, -0.1) is 0 Å². The highest BCUT2D eigenvalue weighted by Crippen LogP contribution is 2.49. The Labute approximate surface area is 165 Å². The van der Waals surface area contributed by atoms with Crippen LogP contribution in [0.5, 0.6) is 0 Å². The average molecular weight is 382 g/mol. The van der Waals surface area contributed by atoms with Gasteiger partial charge < -0.3 is 14.2 Å². The normalized spacial score (nSPS) is 34.6. The number of benzene rings is 1. The van der Waals surface area contributed by atoms with Crippen LogP contribution < -0.4 is 0 Å². The number of carbonyl (C=O) groups excluding carboxylic acids is 2. The van der Waals surface area contributed by atoms with E-state index in [0.717, 1.165) is 24.0 Å². The lowest BCUT2D eigenvalue weighted by molar-refractivity contribution is -0.153. The molecule has 3 aliphatic rings. The Balaban J connectivity index is 1.60. The number of allylic oxidation sites excluding steroid dienone is 1. The molecule has 1 aromatic carbocycles. The van der Waals surface area contributed by atoms with Crippen molar-refractivity contribution in [3.8, 4) is 0 Å². The summed E-state index contributed by atoms with van der Waals surface area (Å²) in [6.07, 6.45) is 3.50. The Bertz CT molecular complexity index is 827. The summed E-state index contributed by atoms with van der Waals surface area (Å²) in [6.45, 7) is 8.02. The lowest BCUT2D eigenvalue weighted by Gasteiger charge is -2.28. The Hall–Kier alpha value is -2.40. The van der Waals surface area contributed by atoms with E-state index in [1.54, 1.807) is 0 Å². The highest BCUT2D eigenvalue weighted by atomic mass is 16.6. The Morgan fingerprint density at radius 2 is 2.07 bits per heavy atom. The number of rotatable bonds is 3. The molecule has 0 unspecified atom stereocenters. The molecule has 0 radical (unpaired) electrons. The van der Waals surface area contributed by atoms with E-state index >= 15 is 0 Å². The third-order valence-corrected chi connectivity index (χ3v) is 6.03. The van der Waals surface area contributed by atoms with Gasteiger partial charge in [-0.25, -0.2) is 4.79 Å². The number of hydrogen-bond acceptors (Lipinski definition) is 5. The van der Waals surface area contributed by atoms with Crippen molar-refractivity contribution in [3.63, 3.8) is 0 Å². The van der Waals surface area contributed by atoms with Gasteiger partial charge in [0.15, 0.2) is 0 Å². The Kier molecular flexibility index (Phi) is 4.88. The van der Waals surface area contributed by atoms with Crippen molar-refractivity contribution in [2.24, 2.45) is 5.92 Å². The van der Waals surface area contributed by atoms with Crippen LogP contribution in [0.3, 0.4) is 0 Å². The number of hydrogen-bond donors (Lipinski definition) is 0. The van der Waals surface area contributed by atoms with Gasteiger partial charge in [-0.3, -0.25) is 4.79 Å². The number of epoxide rings is 1. The number of esters is 2. The maximum Gasteiger partial charge on any atom is 0.334 e. The number of fused-ring (bicyclic) bond motifs is 2. The molecule has 1 aliphatic carbocycles. The molecule has 0 saturated carbocycles. The first kappa shape index (κ1) is 18.9. The summed E-state index contributed by atoms with van der Waals surface area (Å²) >= 11 is 0. The van der Waals surface area contributed by atoms with Crippen LogP contribution in [0.25, 0.3) is 0 Å². The molecule has 2 aliphatic heterocycles. The molecular formula is C23H26O5. The second kappa shape index (κ2) is 7.21. The van der Waals surface area contributed by atoms with Crippen molar-refractivity contribution in [3.05, 3.63) is 59.7 Å². The van der Waals surface area contributed by atoms with Crippen LogP contribution in [-0.4, -0.2) is 35.9 Å². The molecule has 0 bridgehead atoms. The van der Waals surface area contributed by atoms with Gasteiger partial charge in [-0.05, 0) is 32.3 Å². The zero-order valence-corrected chi connectivity index (χ0v) is 16.4. The third kappa shape index (κ3) is 3.63. The molecule has 1 aromatic rings. The van der Waals surface area contributed by atoms with Gasteiger partial charge in [-0.1, -0.05) is 48.6 Å². The van der Waals surface area contributed by atoms with Gasteiger partial charge in [0.05, 0.1) is 17.9 Å². The summed E-state index contributed by atoms with van der Waals surface area (Å²) in [4.78, 5) is 24.9. The molecule has 0 aromatic heterocycles. The molecule has 5 atom stereocenters. The van der Waals surface area contributed by atoms with Crippen LogP contribution in [0, 0.1) is 5.92 Å². The van der Waals surface area contributed by atoms with Crippen molar-refractivity contribution >= 4 is 11.9 Å². The lowest BCUT2D eigenvalue weighted by atomic mass is 9.82. The minimum Gasteiger partial charge on any atom is -0.458 e. The largest absolute Gasteiger partial charge is 0.458 e. The fourth-order valence-electron chi connectivity index (χ4n) is 4.38. The monoisotopic (exact) mass is 382 g/mol. The van der Waals surface area contributed by atoms with E-state index in [2.05, 4.69) is 12.7 Å². The molecule has 28 heavy (non-hydrogen) atoms. The highest BCUT2D eigenvalue weighted by molar-refractivity contribution is 5.91. The summed E-state index contributed by atoms with van der Waals surface area (Å²) in [6, 6.07) is 9.48. The van der Waals surface area contributed by atoms with Gasteiger partial charge in [0.25, 0.3) is 0 Å². The first-order chi connectivity index (χ1) is 13.4. The van der Waals surface area contributed by atoms with Gasteiger partial charge in [0.1, 0.15) is 18.3 Å². The number of ether oxygens (including phenoxy) is 3. The quantitative estimate of drug-likeness (QED) is 0.346. The van der Waals surface area contributed by atoms with E-state index in [0.29, 0.717) is 12.0 Å².